The van der Waals surface area contributed by atoms with Gasteiger partial charge in [0.15, 0.2) is 5.76 Å². The number of carbonyl (C=O) groups is 1. The van der Waals surface area contributed by atoms with Crippen LogP contribution in [0.25, 0.3) is 11.3 Å². The minimum atomic E-state index is -0.127. The summed E-state index contributed by atoms with van der Waals surface area (Å²) in [4.78, 5) is 18.0. The van der Waals surface area contributed by atoms with Crippen LogP contribution in [0, 0.1) is 6.92 Å². The van der Waals surface area contributed by atoms with Crippen molar-refractivity contribution >= 4 is 23.4 Å². The van der Waals surface area contributed by atoms with Crippen LogP contribution in [-0.4, -0.2) is 38.3 Å². The van der Waals surface area contributed by atoms with E-state index in [4.69, 9.17) is 13.9 Å². The molecule has 29 heavy (non-hydrogen) atoms. The van der Waals surface area contributed by atoms with Gasteiger partial charge in [-0.3, -0.25) is 4.90 Å². The van der Waals surface area contributed by atoms with E-state index in [1.54, 1.807) is 25.3 Å². The molecule has 1 aliphatic rings. The lowest BCUT2D eigenvalue weighted by Crippen LogP contribution is -2.27. The molecule has 150 valence electrons. The molecule has 2 amide bonds. The minimum Gasteiger partial charge on any atom is -0.497 e. The van der Waals surface area contributed by atoms with Crippen LogP contribution >= 0.6 is 0 Å². The van der Waals surface area contributed by atoms with Crippen LogP contribution in [0.5, 0.6) is 11.5 Å². The van der Waals surface area contributed by atoms with Gasteiger partial charge in [-0.15, -0.1) is 0 Å². The highest BCUT2D eigenvalue weighted by Gasteiger charge is 2.23. The summed E-state index contributed by atoms with van der Waals surface area (Å²) in [6, 6.07) is 11.5. The summed E-state index contributed by atoms with van der Waals surface area (Å²) in [5.41, 5.74) is 3.39. The molecular weight excluding hydrogens is 372 g/mol. The molecule has 1 aliphatic heterocycles. The number of aryl methyl sites for hydroxylation is 1. The quantitative estimate of drug-likeness (QED) is 0.658. The fraction of sp³-hybridized carbons (Fsp3) is 0.238. The fourth-order valence-electron chi connectivity index (χ4n) is 3.16. The van der Waals surface area contributed by atoms with Gasteiger partial charge in [0.2, 0.25) is 0 Å². The molecule has 1 saturated heterocycles. The van der Waals surface area contributed by atoms with Gasteiger partial charge in [-0.05, 0) is 30.7 Å². The van der Waals surface area contributed by atoms with E-state index < -0.39 is 0 Å². The first-order valence-electron chi connectivity index (χ1n) is 9.19. The van der Waals surface area contributed by atoms with Gasteiger partial charge in [-0.2, -0.15) is 0 Å². The van der Waals surface area contributed by atoms with Gasteiger partial charge in [0.1, 0.15) is 11.5 Å². The Balaban J connectivity index is 1.63. The highest BCUT2D eigenvalue weighted by atomic mass is 16.5. The second-order valence-corrected chi connectivity index (χ2v) is 6.64. The highest BCUT2D eigenvalue weighted by Crippen LogP contribution is 2.33. The summed E-state index contributed by atoms with van der Waals surface area (Å²) >= 11 is 0. The lowest BCUT2D eigenvalue weighted by atomic mass is 10.1. The van der Waals surface area contributed by atoms with Gasteiger partial charge in [0, 0.05) is 42.2 Å². The van der Waals surface area contributed by atoms with E-state index in [-0.39, 0.29) is 6.03 Å². The molecule has 1 aromatic heterocycles. The second-order valence-electron chi connectivity index (χ2n) is 6.64. The number of rotatable bonds is 6. The van der Waals surface area contributed by atoms with Crippen molar-refractivity contribution in [1.29, 1.82) is 0 Å². The lowest BCUT2D eigenvalue weighted by molar-refractivity contribution is 0.252. The first-order valence-corrected chi connectivity index (χ1v) is 9.19. The van der Waals surface area contributed by atoms with Crippen molar-refractivity contribution in [2.75, 3.05) is 37.5 Å². The van der Waals surface area contributed by atoms with Gasteiger partial charge in [-0.1, -0.05) is 6.07 Å². The van der Waals surface area contributed by atoms with Gasteiger partial charge in [0.05, 0.1) is 20.4 Å². The predicted octanol–water partition coefficient (Wildman–Crippen LogP) is 3.94. The molecular formula is C21H22N4O4. The second kappa shape index (κ2) is 7.75. The minimum absolute atomic E-state index is 0.127. The number of methoxy groups -OCH3 is 2. The Labute approximate surface area is 168 Å². The average molecular weight is 394 g/mol. The third-order valence-electron chi connectivity index (χ3n) is 4.77. The molecule has 0 unspecified atom stereocenters. The lowest BCUT2D eigenvalue weighted by Gasteiger charge is -2.16. The van der Waals surface area contributed by atoms with Gasteiger partial charge in [0.25, 0.3) is 6.01 Å². The molecule has 0 radical (unpaired) electrons. The standard InChI is InChI=1S/C21H22N4O4/c1-13-4-5-16(27-2)11-18(13)24-20-23-12-19(29-20)14-8-15(10-17(9-14)28-3)25-7-6-22-21(25)26/h4-5,8-12H,6-7H2,1-3H3,(H,22,26)(H,23,24). The topological polar surface area (TPSA) is 88.9 Å². The van der Waals surface area contributed by atoms with E-state index in [1.807, 2.05) is 43.3 Å². The molecule has 2 N–H and O–H groups in total. The first kappa shape index (κ1) is 18.7. The van der Waals surface area contributed by atoms with Crippen LogP contribution < -0.4 is 25.0 Å². The number of aromatic nitrogens is 1. The van der Waals surface area contributed by atoms with Crippen molar-refractivity contribution in [2.45, 2.75) is 6.92 Å². The number of benzene rings is 2. The van der Waals surface area contributed by atoms with Crippen LogP contribution in [0.4, 0.5) is 22.2 Å². The maximum atomic E-state index is 12.0. The largest absolute Gasteiger partial charge is 0.497 e. The molecule has 0 bridgehead atoms. The molecule has 4 rings (SSSR count). The number of urea groups is 1. The molecule has 0 saturated carbocycles. The fourth-order valence-corrected chi connectivity index (χ4v) is 3.16. The maximum Gasteiger partial charge on any atom is 0.321 e. The van der Waals surface area contributed by atoms with Crippen LogP contribution in [0.15, 0.2) is 47.0 Å². The highest BCUT2D eigenvalue weighted by molar-refractivity contribution is 5.95. The molecule has 0 aliphatic carbocycles. The van der Waals surface area contributed by atoms with Crippen molar-refractivity contribution < 1.29 is 18.7 Å². The number of hydrogen-bond donors (Lipinski definition) is 2. The third kappa shape index (κ3) is 3.82. The number of amides is 2. The monoisotopic (exact) mass is 394 g/mol. The number of anilines is 3. The van der Waals surface area contributed by atoms with Gasteiger partial charge >= 0.3 is 6.03 Å². The molecule has 2 heterocycles. The van der Waals surface area contributed by atoms with E-state index in [0.29, 0.717) is 30.6 Å². The zero-order valence-electron chi connectivity index (χ0n) is 16.5. The number of hydrogen-bond acceptors (Lipinski definition) is 6. The third-order valence-corrected chi connectivity index (χ3v) is 4.77. The van der Waals surface area contributed by atoms with Crippen LogP contribution in [-0.2, 0) is 0 Å². The number of carbonyl (C=O) groups excluding carboxylic acids is 1. The summed E-state index contributed by atoms with van der Waals surface area (Å²) in [7, 11) is 3.21. The zero-order valence-corrected chi connectivity index (χ0v) is 16.5. The Kier molecular flexibility index (Phi) is 4.99. The SMILES string of the molecule is COc1cc(-c2cnc(Nc3cc(OC)ccc3C)o2)cc(N2CCNC2=O)c1. The van der Waals surface area contributed by atoms with Crippen LogP contribution in [0.2, 0.25) is 0 Å². The number of nitrogens with one attached hydrogen (secondary N) is 2. The molecule has 1 fully saturated rings. The van der Waals surface area contributed by atoms with Gasteiger partial charge < -0.3 is 24.5 Å². The van der Waals surface area contributed by atoms with E-state index in [1.165, 1.54) is 0 Å². The molecule has 2 aromatic carbocycles. The van der Waals surface area contributed by atoms with Crippen LogP contribution in [0.3, 0.4) is 0 Å². The van der Waals surface area contributed by atoms with Crippen molar-refractivity contribution in [3.63, 3.8) is 0 Å². The molecule has 8 heteroatoms. The number of ether oxygens (including phenoxy) is 2. The van der Waals surface area contributed by atoms with Crippen molar-refractivity contribution in [3.8, 4) is 22.8 Å². The van der Waals surface area contributed by atoms with Crippen molar-refractivity contribution in [1.82, 2.24) is 10.3 Å². The smallest absolute Gasteiger partial charge is 0.321 e. The summed E-state index contributed by atoms with van der Waals surface area (Å²) in [6.07, 6.45) is 1.64. The van der Waals surface area contributed by atoms with E-state index in [2.05, 4.69) is 15.6 Å². The zero-order chi connectivity index (χ0) is 20.4. The summed E-state index contributed by atoms with van der Waals surface area (Å²) < 4.78 is 16.6. The predicted molar refractivity (Wildman–Crippen MR) is 110 cm³/mol. The molecule has 8 nitrogen and oxygen atoms in total. The van der Waals surface area contributed by atoms with Crippen molar-refractivity contribution in [3.05, 3.63) is 48.2 Å². The molecule has 0 atom stereocenters. The Hall–Kier alpha value is -3.68. The number of oxazole rings is 1. The van der Waals surface area contributed by atoms with Gasteiger partial charge in [-0.25, -0.2) is 9.78 Å². The van der Waals surface area contributed by atoms with Crippen LogP contribution in [0.1, 0.15) is 5.56 Å². The van der Waals surface area contributed by atoms with E-state index in [0.717, 1.165) is 28.3 Å². The summed E-state index contributed by atoms with van der Waals surface area (Å²) in [6.45, 7) is 3.20. The number of nitrogens with zero attached hydrogens (tertiary/aromatic N) is 2. The summed E-state index contributed by atoms with van der Waals surface area (Å²) in [5, 5.41) is 5.98. The Morgan fingerprint density at radius 1 is 1.14 bits per heavy atom. The average Bonchev–Trinajstić information content (AvgIpc) is 3.38. The maximum absolute atomic E-state index is 12.0. The van der Waals surface area contributed by atoms with Crippen molar-refractivity contribution in [2.24, 2.45) is 0 Å². The Bertz CT molecular complexity index is 1050. The van der Waals surface area contributed by atoms with E-state index >= 15 is 0 Å². The molecule has 3 aromatic rings. The Morgan fingerprint density at radius 2 is 1.97 bits per heavy atom. The summed E-state index contributed by atoms with van der Waals surface area (Å²) in [5.74, 6) is 1.94. The Morgan fingerprint density at radius 3 is 2.69 bits per heavy atom. The normalized spacial score (nSPS) is 13.3. The molecule has 0 spiro atoms. The van der Waals surface area contributed by atoms with E-state index in [9.17, 15) is 4.79 Å². The first-order chi connectivity index (χ1) is 14.1.